The molecule has 0 unspecified atom stereocenters. The summed E-state index contributed by atoms with van der Waals surface area (Å²) in [4.78, 5) is 22.8. The van der Waals surface area contributed by atoms with Crippen molar-refractivity contribution in [1.82, 2.24) is 30.2 Å². The summed E-state index contributed by atoms with van der Waals surface area (Å²) in [5, 5.41) is 3.36. The minimum Gasteiger partial charge on any atom is -0.357 e. The second-order valence-electron chi connectivity index (χ2n) is 7.15. The molecule has 7 heteroatoms. The number of benzene rings is 2. The highest BCUT2D eigenvalue weighted by Gasteiger charge is 2.10. The Hall–Kier alpha value is -3.61. The Labute approximate surface area is 176 Å². The third kappa shape index (κ3) is 4.68. The van der Waals surface area contributed by atoms with Crippen molar-refractivity contribution < 1.29 is 0 Å². The van der Waals surface area contributed by atoms with Gasteiger partial charge in [0.05, 0.1) is 29.5 Å². The molecule has 0 aliphatic rings. The maximum absolute atomic E-state index is 4.77. The van der Waals surface area contributed by atoms with Gasteiger partial charge in [-0.2, -0.15) is 0 Å². The van der Waals surface area contributed by atoms with E-state index in [0.29, 0.717) is 13.1 Å². The van der Waals surface area contributed by atoms with Crippen LogP contribution in [0.15, 0.2) is 65.8 Å². The molecule has 2 aromatic carbocycles. The van der Waals surface area contributed by atoms with Gasteiger partial charge in [-0.15, -0.1) is 0 Å². The number of hydrogen-bond donors (Lipinski definition) is 3. The fraction of sp³-hybridized carbons (Fsp3) is 0.261. The van der Waals surface area contributed by atoms with Crippen LogP contribution in [0.3, 0.4) is 0 Å². The number of aromatic nitrogens is 4. The number of nitrogens with one attached hydrogen (secondary N) is 3. The van der Waals surface area contributed by atoms with Crippen LogP contribution in [-0.2, 0) is 13.0 Å². The smallest absolute Gasteiger partial charge is 0.194 e. The molecule has 0 saturated heterocycles. The molecule has 0 aliphatic heterocycles. The lowest BCUT2D eigenvalue weighted by atomic mass is 10.2. The van der Waals surface area contributed by atoms with Crippen LogP contribution in [0.2, 0.25) is 0 Å². The van der Waals surface area contributed by atoms with Crippen LogP contribution in [0, 0.1) is 0 Å². The van der Waals surface area contributed by atoms with Crippen molar-refractivity contribution in [2.24, 2.45) is 4.99 Å². The van der Waals surface area contributed by atoms with Crippen LogP contribution >= 0.6 is 0 Å². The summed E-state index contributed by atoms with van der Waals surface area (Å²) in [5.74, 6) is 2.71. The van der Waals surface area contributed by atoms with Crippen LogP contribution in [0.5, 0.6) is 0 Å². The molecule has 7 nitrogen and oxygen atoms in total. The molecule has 0 atom stereocenters. The van der Waals surface area contributed by atoms with Gasteiger partial charge in [-0.25, -0.2) is 9.97 Å². The van der Waals surface area contributed by atoms with Gasteiger partial charge in [-0.05, 0) is 24.6 Å². The lowest BCUT2D eigenvalue weighted by Crippen LogP contribution is -2.38. The fourth-order valence-electron chi connectivity index (χ4n) is 3.37. The van der Waals surface area contributed by atoms with E-state index in [2.05, 4.69) is 49.2 Å². The Kier molecular flexibility index (Phi) is 6.08. The summed E-state index contributed by atoms with van der Waals surface area (Å²) in [6, 6.07) is 18.3. The van der Waals surface area contributed by atoms with E-state index in [9.17, 15) is 0 Å². The lowest BCUT2D eigenvalue weighted by molar-refractivity contribution is 0.464. The first kappa shape index (κ1) is 19.7. The Morgan fingerprint density at radius 1 is 1.03 bits per heavy atom. The number of H-pyrrole nitrogens is 2. The molecule has 0 spiro atoms. The molecule has 0 saturated carbocycles. The van der Waals surface area contributed by atoms with Crippen LogP contribution in [0.25, 0.3) is 22.3 Å². The van der Waals surface area contributed by atoms with E-state index in [1.807, 2.05) is 55.7 Å². The summed E-state index contributed by atoms with van der Waals surface area (Å²) in [5.41, 5.74) is 4.20. The van der Waals surface area contributed by atoms with Crippen molar-refractivity contribution in [3.05, 3.63) is 72.4 Å². The molecular formula is C23H27N7. The third-order valence-corrected chi connectivity index (χ3v) is 4.85. The number of hydrogen-bond acceptors (Lipinski definition) is 3. The molecule has 0 aliphatic carbocycles. The first-order valence-corrected chi connectivity index (χ1v) is 10.3. The molecule has 0 radical (unpaired) electrons. The van der Waals surface area contributed by atoms with E-state index in [1.165, 1.54) is 0 Å². The van der Waals surface area contributed by atoms with E-state index in [0.717, 1.165) is 52.9 Å². The monoisotopic (exact) mass is 401 g/mol. The number of guanidine groups is 1. The number of rotatable bonds is 7. The normalized spacial score (nSPS) is 11.7. The molecule has 2 heterocycles. The first-order valence-electron chi connectivity index (χ1n) is 10.3. The molecule has 4 rings (SSSR count). The molecule has 0 amide bonds. The third-order valence-electron chi connectivity index (χ3n) is 4.85. The van der Waals surface area contributed by atoms with Gasteiger partial charge in [0.25, 0.3) is 0 Å². The topological polar surface area (TPSA) is 85.0 Å². The molecule has 2 aromatic heterocycles. The summed E-state index contributed by atoms with van der Waals surface area (Å²) < 4.78 is 0. The Balaban J connectivity index is 1.39. The SMILES string of the molecule is CCNC(=NCCc1nc2ccccc2[nH]1)N(C)Cc1ncc(-c2ccccc2)[nH]1. The van der Waals surface area contributed by atoms with E-state index in [-0.39, 0.29) is 0 Å². The van der Waals surface area contributed by atoms with Gasteiger partial charge in [0.1, 0.15) is 11.6 Å². The summed E-state index contributed by atoms with van der Waals surface area (Å²) in [6.07, 6.45) is 2.64. The average Bonchev–Trinajstić information content (AvgIpc) is 3.40. The highest BCUT2D eigenvalue weighted by molar-refractivity contribution is 5.79. The van der Waals surface area contributed by atoms with Crippen molar-refractivity contribution in [2.75, 3.05) is 20.1 Å². The van der Waals surface area contributed by atoms with E-state index in [4.69, 9.17) is 4.99 Å². The van der Waals surface area contributed by atoms with Gasteiger partial charge in [0.2, 0.25) is 0 Å². The van der Waals surface area contributed by atoms with Crippen LogP contribution < -0.4 is 5.32 Å². The van der Waals surface area contributed by atoms with Gasteiger partial charge in [0, 0.05) is 26.6 Å². The number of fused-ring (bicyclic) bond motifs is 1. The number of para-hydroxylation sites is 2. The Morgan fingerprint density at radius 3 is 2.63 bits per heavy atom. The van der Waals surface area contributed by atoms with Gasteiger partial charge in [-0.3, -0.25) is 4.99 Å². The van der Waals surface area contributed by atoms with Crippen molar-refractivity contribution in [3.8, 4) is 11.3 Å². The highest BCUT2D eigenvalue weighted by Crippen LogP contribution is 2.16. The quantitative estimate of drug-likeness (QED) is 0.326. The van der Waals surface area contributed by atoms with E-state index >= 15 is 0 Å². The molecule has 0 fully saturated rings. The second kappa shape index (κ2) is 9.26. The Morgan fingerprint density at radius 2 is 1.83 bits per heavy atom. The zero-order chi connectivity index (χ0) is 20.8. The summed E-state index contributed by atoms with van der Waals surface area (Å²) in [7, 11) is 2.02. The second-order valence-corrected chi connectivity index (χ2v) is 7.15. The van der Waals surface area contributed by atoms with Crippen LogP contribution in [-0.4, -0.2) is 50.9 Å². The van der Waals surface area contributed by atoms with Gasteiger partial charge < -0.3 is 20.2 Å². The minimum atomic E-state index is 0.642. The fourth-order valence-corrected chi connectivity index (χ4v) is 3.37. The zero-order valence-corrected chi connectivity index (χ0v) is 17.4. The minimum absolute atomic E-state index is 0.642. The standard InChI is InChI=1S/C23H27N7/c1-3-24-23(25-14-13-21-27-18-11-7-8-12-19(18)28-21)30(2)16-22-26-15-20(29-22)17-9-5-4-6-10-17/h4-12,15H,3,13-14,16H2,1-2H3,(H,24,25)(H,26,29)(H,27,28). The van der Waals surface area contributed by atoms with Gasteiger partial charge in [0.15, 0.2) is 5.96 Å². The number of imidazole rings is 2. The van der Waals surface area contributed by atoms with Crippen molar-refractivity contribution in [2.45, 2.75) is 19.9 Å². The molecule has 154 valence electrons. The molecule has 3 N–H and O–H groups in total. The lowest BCUT2D eigenvalue weighted by Gasteiger charge is -2.21. The van der Waals surface area contributed by atoms with Crippen molar-refractivity contribution in [3.63, 3.8) is 0 Å². The summed E-state index contributed by atoms with van der Waals surface area (Å²) in [6.45, 7) is 4.17. The van der Waals surface area contributed by atoms with Crippen LogP contribution in [0.4, 0.5) is 0 Å². The number of aromatic amines is 2. The predicted molar refractivity (Wildman–Crippen MR) is 121 cm³/mol. The predicted octanol–water partition coefficient (Wildman–Crippen LogP) is 3.59. The molecular weight excluding hydrogens is 374 g/mol. The summed E-state index contributed by atoms with van der Waals surface area (Å²) >= 11 is 0. The van der Waals surface area contributed by atoms with E-state index < -0.39 is 0 Å². The Bertz CT molecular complexity index is 1080. The molecule has 4 aromatic rings. The average molecular weight is 402 g/mol. The highest BCUT2D eigenvalue weighted by atomic mass is 15.3. The van der Waals surface area contributed by atoms with Crippen molar-refractivity contribution >= 4 is 17.0 Å². The zero-order valence-electron chi connectivity index (χ0n) is 17.4. The van der Waals surface area contributed by atoms with E-state index in [1.54, 1.807) is 0 Å². The number of nitrogens with zero attached hydrogens (tertiary/aromatic N) is 4. The van der Waals surface area contributed by atoms with Crippen molar-refractivity contribution in [1.29, 1.82) is 0 Å². The van der Waals surface area contributed by atoms with Crippen LogP contribution in [0.1, 0.15) is 18.6 Å². The number of aliphatic imine (C=N–C) groups is 1. The first-order chi connectivity index (χ1) is 14.7. The van der Waals surface area contributed by atoms with Gasteiger partial charge >= 0.3 is 0 Å². The largest absolute Gasteiger partial charge is 0.357 e. The maximum Gasteiger partial charge on any atom is 0.194 e. The molecule has 30 heavy (non-hydrogen) atoms. The van der Waals surface area contributed by atoms with Gasteiger partial charge in [-0.1, -0.05) is 42.5 Å². The maximum atomic E-state index is 4.77. The molecule has 0 bridgehead atoms.